The summed E-state index contributed by atoms with van der Waals surface area (Å²) in [6.45, 7) is 4.36. The highest BCUT2D eigenvalue weighted by Gasteiger charge is 2.16. The summed E-state index contributed by atoms with van der Waals surface area (Å²) in [4.78, 5) is 3.99. The second-order valence-corrected chi connectivity index (χ2v) is 3.79. The molecule has 1 atom stereocenters. The number of nitrogens with zero attached hydrogens (tertiary/aromatic N) is 2. The topological polar surface area (TPSA) is 71.9 Å². The lowest BCUT2D eigenvalue weighted by Crippen LogP contribution is -2.41. The second kappa shape index (κ2) is 4.76. The summed E-state index contributed by atoms with van der Waals surface area (Å²) in [6, 6.07) is 5.33. The normalized spacial score (nSPS) is 14.0. The highest BCUT2D eigenvalue weighted by molar-refractivity contribution is 5.28. The van der Waals surface area contributed by atoms with Crippen LogP contribution in [0.2, 0.25) is 0 Å². The molecule has 4 nitrogen and oxygen atoms in total. The minimum Gasteiger partial charge on any atom is -0.476 e. The van der Waals surface area contributed by atoms with Gasteiger partial charge in [-0.2, -0.15) is 5.26 Å². The Labute approximate surface area is 89.7 Å². The number of rotatable bonds is 4. The molecule has 1 unspecified atom stereocenters. The monoisotopic (exact) mass is 205 g/mol. The van der Waals surface area contributed by atoms with Gasteiger partial charge in [0.1, 0.15) is 12.7 Å². The molecule has 0 saturated carbocycles. The smallest absolute Gasteiger partial charge is 0.213 e. The van der Waals surface area contributed by atoms with Crippen LogP contribution in [0.15, 0.2) is 18.3 Å². The Morgan fingerprint density at radius 2 is 2.33 bits per heavy atom. The van der Waals surface area contributed by atoms with Gasteiger partial charge in [0.2, 0.25) is 5.88 Å². The van der Waals surface area contributed by atoms with Crippen LogP contribution < -0.4 is 10.5 Å². The van der Waals surface area contributed by atoms with Gasteiger partial charge in [-0.15, -0.1) is 0 Å². The number of pyridine rings is 1. The SMILES string of the molecule is CCC(C)(N)COc1ccc(C#N)cn1. The van der Waals surface area contributed by atoms with Gasteiger partial charge in [0.25, 0.3) is 0 Å². The fourth-order valence-electron chi connectivity index (χ4n) is 0.873. The van der Waals surface area contributed by atoms with E-state index in [4.69, 9.17) is 15.7 Å². The third-order valence-electron chi connectivity index (χ3n) is 2.22. The summed E-state index contributed by atoms with van der Waals surface area (Å²) >= 11 is 0. The predicted molar refractivity (Wildman–Crippen MR) is 57.3 cm³/mol. The standard InChI is InChI=1S/C11H15N3O/c1-3-11(2,13)8-15-10-5-4-9(6-12)7-14-10/h4-5,7H,3,8,13H2,1-2H3. The number of nitriles is 1. The van der Waals surface area contributed by atoms with Crippen molar-refractivity contribution in [2.45, 2.75) is 25.8 Å². The van der Waals surface area contributed by atoms with Crippen LogP contribution in [-0.2, 0) is 0 Å². The molecule has 0 aromatic carbocycles. The molecule has 0 aliphatic rings. The van der Waals surface area contributed by atoms with E-state index in [0.29, 0.717) is 18.1 Å². The molecule has 1 aromatic rings. The van der Waals surface area contributed by atoms with Gasteiger partial charge in [-0.05, 0) is 19.4 Å². The summed E-state index contributed by atoms with van der Waals surface area (Å²) in [6.07, 6.45) is 2.32. The average molecular weight is 205 g/mol. The molecule has 0 saturated heterocycles. The van der Waals surface area contributed by atoms with Crippen molar-refractivity contribution in [1.82, 2.24) is 4.98 Å². The summed E-state index contributed by atoms with van der Waals surface area (Å²) in [5.74, 6) is 0.499. The van der Waals surface area contributed by atoms with E-state index in [9.17, 15) is 0 Å². The van der Waals surface area contributed by atoms with Crippen LogP contribution in [-0.4, -0.2) is 17.1 Å². The highest BCUT2D eigenvalue weighted by Crippen LogP contribution is 2.11. The molecule has 80 valence electrons. The molecule has 15 heavy (non-hydrogen) atoms. The Balaban J connectivity index is 2.56. The van der Waals surface area contributed by atoms with Gasteiger partial charge in [0.15, 0.2) is 0 Å². The zero-order valence-electron chi connectivity index (χ0n) is 9.03. The van der Waals surface area contributed by atoms with Crippen molar-refractivity contribution in [3.05, 3.63) is 23.9 Å². The fourth-order valence-corrected chi connectivity index (χ4v) is 0.873. The zero-order valence-corrected chi connectivity index (χ0v) is 9.03. The van der Waals surface area contributed by atoms with E-state index < -0.39 is 0 Å². The van der Waals surface area contributed by atoms with Gasteiger partial charge in [-0.3, -0.25) is 0 Å². The van der Waals surface area contributed by atoms with Gasteiger partial charge >= 0.3 is 0 Å². The zero-order chi connectivity index (χ0) is 11.3. The first-order valence-electron chi connectivity index (χ1n) is 4.85. The number of hydrogen-bond donors (Lipinski definition) is 1. The first-order chi connectivity index (χ1) is 7.07. The van der Waals surface area contributed by atoms with Crippen molar-refractivity contribution in [1.29, 1.82) is 5.26 Å². The molecule has 2 N–H and O–H groups in total. The van der Waals surface area contributed by atoms with Crippen LogP contribution in [0.5, 0.6) is 5.88 Å². The summed E-state index contributed by atoms with van der Waals surface area (Å²) in [7, 11) is 0. The molecule has 4 heteroatoms. The van der Waals surface area contributed by atoms with E-state index in [2.05, 4.69) is 4.98 Å². The molecule has 1 rings (SSSR count). The molecule has 0 radical (unpaired) electrons. The van der Waals surface area contributed by atoms with E-state index >= 15 is 0 Å². The van der Waals surface area contributed by atoms with Crippen LogP contribution in [0.4, 0.5) is 0 Å². The van der Waals surface area contributed by atoms with Crippen molar-refractivity contribution < 1.29 is 4.74 Å². The van der Waals surface area contributed by atoms with E-state index in [1.54, 1.807) is 12.1 Å². The fraction of sp³-hybridized carbons (Fsp3) is 0.455. The van der Waals surface area contributed by atoms with E-state index in [0.717, 1.165) is 6.42 Å². The summed E-state index contributed by atoms with van der Waals surface area (Å²) < 4.78 is 5.42. The van der Waals surface area contributed by atoms with Gasteiger partial charge in [0.05, 0.1) is 5.56 Å². The molecule has 0 bridgehead atoms. The molecule has 0 aliphatic heterocycles. The maximum atomic E-state index is 8.57. The largest absolute Gasteiger partial charge is 0.476 e. The molecule has 1 aromatic heterocycles. The first kappa shape index (κ1) is 11.5. The Hall–Kier alpha value is -1.60. The lowest BCUT2D eigenvalue weighted by molar-refractivity contribution is 0.218. The molecule has 0 aliphatic carbocycles. The van der Waals surface area contributed by atoms with Gasteiger partial charge in [0, 0.05) is 17.8 Å². The number of ether oxygens (including phenoxy) is 1. The van der Waals surface area contributed by atoms with Crippen LogP contribution in [0, 0.1) is 11.3 Å². The lowest BCUT2D eigenvalue weighted by Gasteiger charge is -2.22. The van der Waals surface area contributed by atoms with Crippen LogP contribution in [0.25, 0.3) is 0 Å². The molecular weight excluding hydrogens is 190 g/mol. The van der Waals surface area contributed by atoms with Crippen molar-refractivity contribution in [3.8, 4) is 11.9 Å². The molecule has 0 fully saturated rings. The summed E-state index contributed by atoms with van der Waals surface area (Å²) in [5.41, 5.74) is 6.10. The minimum absolute atomic E-state index is 0.338. The first-order valence-corrected chi connectivity index (χ1v) is 4.85. The van der Waals surface area contributed by atoms with Crippen LogP contribution in [0.3, 0.4) is 0 Å². The maximum absolute atomic E-state index is 8.57. The van der Waals surface area contributed by atoms with E-state index in [1.807, 2.05) is 19.9 Å². The second-order valence-electron chi connectivity index (χ2n) is 3.79. The lowest BCUT2D eigenvalue weighted by atomic mass is 10.0. The number of nitrogens with two attached hydrogens (primary N) is 1. The Kier molecular flexibility index (Phi) is 3.64. The molecule has 0 amide bonds. The van der Waals surface area contributed by atoms with Crippen molar-refractivity contribution in [2.75, 3.05) is 6.61 Å². The molecule has 0 spiro atoms. The summed E-state index contributed by atoms with van der Waals surface area (Å²) in [5, 5.41) is 8.57. The Morgan fingerprint density at radius 1 is 1.60 bits per heavy atom. The van der Waals surface area contributed by atoms with E-state index in [1.165, 1.54) is 6.20 Å². The highest BCUT2D eigenvalue weighted by atomic mass is 16.5. The quantitative estimate of drug-likeness (QED) is 0.807. The number of aromatic nitrogens is 1. The Bertz CT molecular complexity index is 351. The molecule has 1 heterocycles. The van der Waals surface area contributed by atoms with Gasteiger partial charge < -0.3 is 10.5 Å². The van der Waals surface area contributed by atoms with Crippen molar-refractivity contribution >= 4 is 0 Å². The average Bonchev–Trinajstić information content (AvgIpc) is 2.27. The number of hydrogen-bond acceptors (Lipinski definition) is 4. The minimum atomic E-state index is -0.338. The third-order valence-corrected chi connectivity index (χ3v) is 2.22. The van der Waals surface area contributed by atoms with Crippen LogP contribution in [0.1, 0.15) is 25.8 Å². The van der Waals surface area contributed by atoms with E-state index in [-0.39, 0.29) is 5.54 Å². The van der Waals surface area contributed by atoms with Crippen molar-refractivity contribution in [3.63, 3.8) is 0 Å². The Morgan fingerprint density at radius 3 is 2.80 bits per heavy atom. The van der Waals surface area contributed by atoms with Gasteiger partial charge in [-0.25, -0.2) is 4.98 Å². The van der Waals surface area contributed by atoms with Crippen molar-refractivity contribution in [2.24, 2.45) is 5.73 Å². The van der Waals surface area contributed by atoms with Gasteiger partial charge in [-0.1, -0.05) is 6.92 Å². The third kappa shape index (κ3) is 3.56. The predicted octanol–water partition coefficient (Wildman–Crippen LogP) is 1.46. The molecular formula is C11H15N3O. The maximum Gasteiger partial charge on any atom is 0.213 e. The van der Waals surface area contributed by atoms with Crippen LogP contribution >= 0.6 is 0 Å².